The van der Waals surface area contributed by atoms with E-state index >= 15 is 0 Å². The summed E-state index contributed by atoms with van der Waals surface area (Å²) in [6.07, 6.45) is 5.54. The van der Waals surface area contributed by atoms with Crippen LogP contribution in [0.4, 0.5) is 0 Å². The first-order chi connectivity index (χ1) is 7.24. The molecule has 0 unspecified atom stereocenters. The summed E-state index contributed by atoms with van der Waals surface area (Å²) in [4.78, 5) is 0. The highest BCUT2D eigenvalue weighted by molar-refractivity contribution is 6.25. The first-order valence-corrected chi connectivity index (χ1v) is 6.49. The van der Waals surface area contributed by atoms with Crippen molar-refractivity contribution in [3.8, 4) is 0 Å². The number of aliphatic hydroxyl groups is 2. The predicted molar refractivity (Wildman–Crippen MR) is 72.2 cm³/mol. The van der Waals surface area contributed by atoms with E-state index in [9.17, 15) is 0 Å². The summed E-state index contributed by atoms with van der Waals surface area (Å²) in [5.41, 5.74) is 0. The number of unbranched alkanes of at least 4 members (excludes halogenated alkanes) is 3. The van der Waals surface area contributed by atoms with Gasteiger partial charge in [-0.15, -0.1) is 23.2 Å². The standard InChI is InChI=1S/C6H14.C2H4Cl2.C2H6O.CH4O/c1-3-5-6-4-2;3-1-2-4;1-2-3;1-2/h3-6H2,1-2H3;1-2H2;3H,2H2,1H3;2H,1H3. The van der Waals surface area contributed by atoms with E-state index in [2.05, 4.69) is 13.8 Å². The molecule has 0 fully saturated rings. The van der Waals surface area contributed by atoms with Crippen molar-refractivity contribution in [1.29, 1.82) is 0 Å². The Kier molecular flexibility index (Phi) is 77.2. The Hall–Kier alpha value is 0.500. The van der Waals surface area contributed by atoms with Gasteiger partial charge in [0.05, 0.1) is 0 Å². The van der Waals surface area contributed by atoms with Gasteiger partial charge in [0.1, 0.15) is 0 Å². The minimum atomic E-state index is 0.250. The Labute approximate surface area is 106 Å². The van der Waals surface area contributed by atoms with Crippen LogP contribution in [0.15, 0.2) is 0 Å². The fourth-order valence-corrected chi connectivity index (χ4v) is 0.500. The Morgan fingerprint density at radius 1 is 0.800 bits per heavy atom. The first-order valence-electron chi connectivity index (χ1n) is 5.42. The molecule has 0 saturated heterocycles. The smallest absolute Gasteiger partial charge is 0.0402 e. The molecule has 0 saturated carbocycles. The molecular formula is C11H28Cl2O2. The van der Waals surface area contributed by atoms with Crippen LogP contribution in [0.5, 0.6) is 0 Å². The second-order valence-electron chi connectivity index (χ2n) is 2.40. The van der Waals surface area contributed by atoms with Crippen LogP contribution in [-0.4, -0.2) is 35.7 Å². The molecule has 0 aromatic heterocycles. The second-order valence-corrected chi connectivity index (χ2v) is 3.16. The molecule has 0 aromatic rings. The van der Waals surface area contributed by atoms with Gasteiger partial charge in [0.2, 0.25) is 0 Å². The minimum Gasteiger partial charge on any atom is -0.400 e. The molecule has 98 valence electrons. The summed E-state index contributed by atoms with van der Waals surface area (Å²) >= 11 is 10.1. The van der Waals surface area contributed by atoms with E-state index in [0.29, 0.717) is 11.8 Å². The van der Waals surface area contributed by atoms with Crippen molar-refractivity contribution in [2.75, 3.05) is 25.5 Å². The van der Waals surface area contributed by atoms with Crippen LogP contribution in [0.1, 0.15) is 46.5 Å². The van der Waals surface area contributed by atoms with Crippen LogP contribution in [0, 0.1) is 0 Å². The van der Waals surface area contributed by atoms with Crippen molar-refractivity contribution >= 4 is 23.2 Å². The molecule has 2 N–H and O–H groups in total. The molecule has 0 rings (SSSR count). The maximum atomic E-state index is 7.57. The number of hydrogen-bond donors (Lipinski definition) is 2. The highest BCUT2D eigenvalue weighted by Gasteiger charge is 1.75. The number of aliphatic hydroxyl groups excluding tert-OH is 2. The Bertz CT molecular complexity index is 49.9. The zero-order valence-corrected chi connectivity index (χ0v) is 12.1. The molecule has 0 radical (unpaired) electrons. The molecular weight excluding hydrogens is 235 g/mol. The van der Waals surface area contributed by atoms with Gasteiger partial charge < -0.3 is 10.2 Å². The maximum Gasteiger partial charge on any atom is 0.0402 e. The van der Waals surface area contributed by atoms with Gasteiger partial charge >= 0.3 is 0 Å². The van der Waals surface area contributed by atoms with Crippen molar-refractivity contribution in [3.63, 3.8) is 0 Å². The molecule has 0 bridgehead atoms. The van der Waals surface area contributed by atoms with E-state index in [-0.39, 0.29) is 6.61 Å². The fourth-order valence-electron chi connectivity index (χ4n) is 0.500. The van der Waals surface area contributed by atoms with E-state index < -0.39 is 0 Å². The fraction of sp³-hybridized carbons (Fsp3) is 1.00. The Morgan fingerprint density at radius 3 is 1.07 bits per heavy atom. The van der Waals surface area contributed by atoms with Crippen LogP contribution >= 0.6 is 23.2 Å². The van der Waals surface area contributed by atoms with Gasteiger partial charge in [-0.3, -0.25) is 0 Å². The normalized spacial score (nSPS) is 7.20. The summed E-state index contributed by atoms with van der Waals surface area (Å²) in [5, 5.41) is 14.6. The highest BCUT2D eigenvalue weighted by Crippen LogP contribution is 1.95. The van der Waals surface area contributed by atoms with E-state index in [1.165, 1.54) is 25.7 Å². The maximum absolute atomic E-state index is 7.57. The average molecular weight is 263 g/mol. The van der Waals surface area contributed by atoms with Gasteiger partial charge in [-0.25, -0.2) is 0 Å². The topological polar surface area (TPSA) is 40.5 Å². The molecule has 0 aliphatic carbocycles. The van der Waals surface area contributed by atoms with E-state index in [1.54, 1.807) is 6.92 Å². The lowest BCUT2D eigenvalue weighted by Crippen LogP contribution is -1.66. The van der Waals surface area contributed by atoms with Gasteiger partial charge in [0.25, 0.3) is 0 Å². The number of rotatable bonds is 4. The highest BCUT2D eigenvalue weighted by atomic mass is 35.5. The molecule has 0 spiro atoms. The largest absolute Gasteiger partial charge is 0.400 e. The van der Waals surface area contributed by atoms with Crippen molar-refractivity contribution in [3.05, 3.63) is 0 Å². The van der Waals surface area contributed by atoms with E-state index in [4.69, 9.17) is 33.4 Å². The molecule has 4 heteroatoms. The van der Waals surface area contributed by atoms with Crippen LogP contribution in [0.3, 0.4) is 0 Å². The van der Waals surface area contributed by atoms with Crippen LogP contribution in [-0.2, 0) is 0 Å². The van der Waals surface area contributed by atoms with E-state index in [1.807, 2.05) is 0 Å². The van der Waals surface area contributed by atoms with Crippen LogP contribution < -0.4 is 0 Å². The van der Waals surface area contributed by atoms with Crippen molar-refractivity contribution in [1.82, 2.24) is 0 Å². The first kappa shape index (κ1) is 24.6. The molecule has 15 heavy (non-hydrogen) atoms. The molecule has 0 aliphatic rings. The lowest BCUT2D eigenvalue weighted by Gasteiger charge is -1.86. The van der Waals surface area contributed by atoms with Gasteiger partial charge in [-0.2, -0.15) is 0 Å². The predicted octanol–water partition coefficient (Wildman–Crippen LogP) is 3.66. The van der Waals surface area contributed by atoms with Gasteiger partial charge in [0, 0.05) is 25.5 Å². The lowest BCUT2D eigenvalue weighted by atomic mass is 10.2. The third kappa shape index (κ3) is 112. The third-order valence-corrected chi connectivity index (χ3v) is 1.60. The van der Waals surface area contributed by atoms with Gasteiger partial charge in [-0.05, 0) is 6.92 Å². The lowest BCUT2D eigenvalue weighted by molar-refractivity contribution is 0.318. The van der Waals surface area contributed by atoms with E-state index in [0.717, 1.165) is 7.11 Å². The monoisotopic (exact) mass is 262 g/mol. The molecule has 0 heterocycles. The zero-order valence-electron chi connectivity index (χ0n) is 10.6. The summed E-state index contributed by atoms with van der Waals surface area (Å²) in [7, 11) is 1.00. The zero-order chi connectivity index (χ0) is 12.9. The van der Waals surface area contributed by atoms with Crippen LogP contribution in [0.2, 0.25) is 0 Å². The van der Waals surface area contributed by atoms with Crippen LogP contribution in [0.25, 0.3) is 0 Å². The number of halogens is 2. The van der Waals surface area contributed by atoms with Crippen molar-refractivity contribution < 1.29 is 10.2 Å². The molecule has 0 aromatic carbocycles. The second kappa shape index (κ2) is 47.0. The SMILES string of the molecule is CCCCCC.CCO.CO.ClCCCl. The summed E-state index contributed by atoms with van der Waals surface area (Å²) in [5.74, 6) is 1.11. The summed E-state index contributed by atoms with van der Waals surface area (Å²) in [6, 6.07) is 0. The Balaban J connectivity index is -0.0000000590. The van der Waals surface area contributed by atoms with Gasteiger partial charge in [0.15, 0.2) is 0 Å². The molecule has 2 nitrogen and oxygen atoms in total. The minimum absolute atomic E-state index is 0.250. The van der Waals surface area contributed by atoms with Crippen molar-refractivity contribution in [2.45, 2.75) is 46.5 Å². The number of alkyl halides is 2. The van der Waals surface area contributed by atoms with Gasteiger partial charge in [-0.1, -0.05) is 39.5 Å². The molecule has 0 aliphatic heterocycles. The quantitative estimate of drug-likeness (QED) is 0.600. The summed E-state index contributed by atoms with van der Waals surface area (Å²) in [6.45, 7) is 6.39. The third-order valence-electron chi connectivity index (χ3n) is 1.03. The molecule has 0 atom stereocenters. The van der Waals surface area contributed by atoms with Crippen molar-refractivity contribution in [2.24, 2.45) is 0 Å². The Morgan fingerprint density at radius 2 is 1.00 bits per heavy atom. The summed E-state index contributed by atoms with van der Waals surface area (Å²) < 4.78 is 0. The number of hydrogen-bond acceptors (Lipinski definition) is 2. The molecule has 0 amide bonds. The average Bonchev–Trinajstić information content (AvgIpc) is 2.30.